The highest BCUT2D eigenvalue weighted by Crippen LogP contribution is 2.18. The summed E-state index contributed by atoms with van der Waals surface area (Å²) < 4.78 is 12.8. The summed E-state index contributed by atoms with van der Waals surface area (Å²) >= 11 is 5.40. The monoisotopic (exact) mass is 239 g/mol. The Morgan fingerprint density at radius 3 is 2.57 bits per heavy atom. The van der Waals surface area contributed by atoms with Crippen LogP contribution in [0.5, 0.6) is 0 Å². The van der Waals surface area contributed by atoms with E-state index < -0.39 is 17.8 Å². The van der Waals surface area contributed by atoms with E-state index in [4.69, 9.17) is 22.4 Å². The molecule has 6 heteroatoms. The second-order valence-corrected chi connectivity index (χ2v) is 2.90. The van der Waals surface area contributed by atoms with Crippen molar-refractivity contribution in [2.24, 2.45) is 5.73 Å². The molecule has 0 aliphatic rings. The van der Waals surface area contributed by atoms with Gasteiger partial charge in [0.1, 0.15) is 11.9 Å². The third kappa shape index (κ3) is 2.83. The first-order chi connectivity index (χ1) is 6.02. The molecule has 0 radical (unpaired) electrons. The van der Waals surface area contributed by atoms with Crippen molar-refractivity contribution >= 4 is 30.0 Å². The molecule has 1 aromatic rings. The molecule has 0 saturated carbocycles. The van der Waals surface area contributed by atoms with Gasteiger partial charge in [-0.1, -0.05) is 17.7 Å². The minimum Gasteiger partial charge on any atom is -0.480 e. The molecule has 1 rings (SSSR count). The van der Waals surface area contributed by atoms with Crippen LogP contribution in [0.1, 0.15) is 11.6 Å². The molecule has 0 saturated heterocycles. The summed E-state index contributed by atoms with van der Waals surface area (Å²) in [6.07, 6.45) is 0. The zero-order valence-electron chi connectivity index (χ0n) is 6.91. The molecule has 0 aromatic heterocycles. The number of hydrogen-bond donors (Lipinski definition) is 2. The molecule has 1 atom stereocenters. The van der Waals surface area contributed by atoms with E-state index in [1.54, 1.807) is 0 Å². The molecule has 0 amide bonds. The second kappa shape index (κ2) is 5.14. The minimum atomic E-state index is -1.22. The highest BCUT2D eigenvalue weighted by Gasteiger charge is 2.15. The van der Waals surface area contributed by atoms with Crippen molar-refractivity contribution < 1.29 is 14.3 Å². The number of benzene rings is 1. The van der Waals surface area contributed by atoms with E-state index in [9.17, 15) is 9.18 Å². The molecule has 0 heterocycles. The third-order valence-corrected chi connectivity index (χ3v) is 1.88. The number of halogens is 3. The highest BCUT2D eigenvalue weighted by molar-refractivity contribution is 6.30. The van der Waals surface area contributed by atoms with Gasteiger partial charge in [-0.05, 0) is 17.7 Å². The Bertz CT molecular complexity index is 346. The van der Waals surface area contributed by atoms with Crippen molar-refractivity contribution in [2.45, 2.75) is 6.04 Å². The van der Waals surface area contributed by atoms with Crippen LogP contribution in [0.4, 0.5) is 4.39 Å². The SMILES string of the molecule is Cl.NC(C(=O)O)c1ccc(Cl)c(F)c1. The Labute approximate surface area is 91.1 Å². The van der Waals surface area contributed by atoms with Crippen LogP contribution in [0.2, 0.25) is 5.02 Å². The number of hydrogen-bond acceptors (Lipinski definition) is 2. The molecule has 3 nitrogen and oxygen atoms in total. The van der Waals surface area contributed by atoms with E-state index >= 15 is 0 Å². The second-order valence-electron chi connectivity index (χ2n) is 2.49. The summed E-state index contributed by atoms with van der Waals surface area (Å²) in [5, 5.41) is 8.46. The maximum atomic E-state index is 12.8. The topological polar surface area (TPSA) is 63.3 Å². The van der Waals surface area contributed by atoms with Crippen LogP contribution in [0.15, 0.2) is 18.2 Å². The summed E-state index contributed by atoms with van der Waals surface area (Å²) in [7, 11) is 0. The average molecular weight is 240 g/mol. The summed E-state index contributed by atoms with van der Waals surface area (Å²) in [5.41, 5.74) is 5.44. The van der Waals surface area contributed by atoms with Crippen LogP contribution < -0.4 is 5.73 Å². The fourth-order valence-corrected chi connectivity index (χ4v) is 0.966. The van der Waals surface area contributed by atoms with Crippen LogP contribution in [-0.4, -0.2) is 11.1 Å². The third-order valence-electron chi connectivity index (χ3n) is 1.57. The number of rotatable bonds is 2. The van der Waals surface area contributed by atoms with Crippen molar-refractivity contribution in [3.63, 3.8) is 0 Å². The maximum Gasteiger partial charge on any atom is 0.325 e. The fraction of sp³-hybridized carbons (Fsp3) is 0.125. The van der Waals surface area contributed by atoms with Gasteiger partial charge in [0.25, 0.3) is 0 Å². The molecule has 78 valence electrons. The van der Waals surface area contributed by atoms with Gasteiger partial charge in [-0.25, -0.2) is 4.39 Å². The zero-order chi connectivity index (χ0) is 10.0. The maximum absolute atomic E-state index is 12.8. The van der Waals surface area contributed by atoms with E-state index in [-0.39, 0.29) is 23.0 Å². The lowest BCUT2D eigenvalue weighted by Gasteiger charge is -2.06. The summed E-state index contributed by atoms with van der Waals surface area (Å²) in [5.74, 6) is -1.88. The predicted octanol–water partition coefficient (Wildman–Crippen LogP) is 1.99. The molecule has 3 N–H and O–H groups in total. The fourth-order valence-electron chi connectivity index (χ4n) is 0.848. The minimum absolute atomic E-state index is 0. The molecular weight excluding hydrogens is 232 g/mol. The average Bonchev–Trinajstić information content (AvgIpc) is 2.08. The molecule has 0 fully saturated rings. The van der Waals surface area contributed by atoms with Gasteiger partial charge in [-0.3, -0.25) is 4.79 Å². The smallest absolute Gasteiger partial charge is 0.325 e. The number of carbonyl (C=O) groups is 1. The molecule has 1 aromatic carbocycles. The highest BCUT2D eigenvalue weighted by atomic mass is 35.5. The van der Waals surface area contributed by atoms with Crippen LogP contribution in [0.25, 0.3) is 0 Å². The van der Waals surface area contributed by atoms with Crippen molar-refractivity contribution in [1.82, 2.24) is 0 Å². The lowest BCUT2D eigenvalue weighted by molar-refractivity contribution is -0.138. The Morgan fingerprint density at radius 2 is 2.14 bits per heavy atom. The molecule has 0 spiro atoms. The number of nitrogens with two attached hydrogens (primary N) is 1. The van der Waals surface area contributed by atoms with Gasteiger partial charge >= 0.3 is 5.97 Å². The Hall–Kier alpha value is -0.840. The molecule has 0 aliphatic carbocycles. The summed E-state index contributed by atoms with van der Waals surface area (Å²) in [6.45, 7) is 0. The number of carboxylic acid groups (broad SMARTS) is 1. The van der Waals surface area contributed by atoms with Crippen LogP contribution >= 0.6 is 24.0 Å². The summed E-state index contributed by atoms with van der Waals surface area (Å²) in [4.78, 5) is 10.4. The van der Waals surface area contributed by atoms with Crippen LogP contribution in [0.3, 0.4) is 0 Å². The lowest BCUT2D eigenvalue weighted by atomic mass is 10.1. The molecule has 0 aliphatic heterocycles. The first kappa shape index (κ1) is 13.2. The molecule has 14 heavy (non-hydrogen) atoms. The van der Waals surface area contributed by atoms with E-state index in [0.29, 0.717) is 0 Å². The van der Waals surface area contributed by atoms with Crippen molar-refractivity contribution in [2.75, 3.05) is 0 Å². The van der Waals surface area contributed by atoms with Gasteiger partial charge in [0.15, 0.2) is 0 Å². The van der Waals surface area contributed by atoms with Crippen molar-refractivity contribution in [1.29, 1.82) is 0 Å². The van der Waals surface area contributed by atoms with E-state index in [1.165, 1.54) is 12.1 Å². The first-order valence-electron chi connectivity index (χ1n) is 3.45. The van der Waals surface area contributed by atoms with Gasteiger partial charge in [0.2, 0.25) is 0 Å². The van der Waals surface area contributed by atoms with E-state index in [0.717, 1.165) is 6.07 Å². The zero-order valence-corrected chi connectivity index (χ0v) is 8.48. The largest absolute Gasteiger partial charge is 0.480 e. The van der Waals surface area contributed by atoms with Gasteiger partial charge in [0.05, 0.1) is 5.02 Å². The van der Waals surface area contributed by atoms with Crippen LogP contribution in [-0.2, 0) is 4.79 Å². The standard InChI is InChI=1S/C8H7ClFNO2.ClH/c9-5-2-1-4(3-6(5)10)7(11)8(12)13;/h1-3,7H,11H2,(H,12,13);1H. The molecular formula is C8H8Cl2FNO2. The Kier molecular flexibility index (Phi) is 4.83. The number of aliphatic carboxylic acids is 1. The lowest BCUT2D eigenvalue weighted by Crippen LogP contribution is -2.20. The number of carboxylic acids is 1. The van der Waals surface area contributed by atoms with Gasteiger partial charge < -0.3 is 10.8 Å². The van der Waals surface area contributed by atoms with Crippen molar-refractivity contribution in [3.05, 3.63) is 34.6 Å². The quantitative estimate of drug-likeness (QED) is 0.830. The Balaban J connectivity index is 0.00000169. The summed E-state index contributed by atoms with van der Waals surface area (Å²) in [6, 6.07) is 2.45. The first-order valence-corrected chi connectivity index (χ1v) is 3.83. The van der Waals surface area contributed by atoms with E-state index in [1.807, 2.05) is 0 Å². The molecule has 0 bridgehead atoms. The normalized spacial score (nSPS) is 11.6. The molecule has 1 unspecified atom stereocenters. The Morgan fingerprint density at radius 1 is 1.57 bits per heavy atom. The predicted molar refractivity (Wildman–Crippen MR) is 53.2 cm³/mol. The van der Waals surface area contributed by atoms with Gasteiger partial charge in [-0.15, -0.1) is 12.4 Å². The van der Waals surface area contributed by atoms with Gasteiger partial charge in [0, 0.05) is 0 Å². The van der Waals surface area contributed by atoms with Crippen molar-refractivity contribution in [3.8, 4) is 0 Å². The van der Waals surface area contributed by atoms with Crippen LogP contribution in [0, 0.1) is 5.82 Å². The van der Waals surface area contributed by atoms with E-state index in [2.05, 4.69) is 0 Å². The van der Waals surface area contributed by atoms with Gasteiger partial charge in [-0.2, -0.15) is 0 Å².